The smallest absolute Gasteiger partial charge is 0.273 e. The average Bonchev–Trinajstić information content (AvgIpc) is 2.69. The van der Waals surface area contributed by atoms with E-state index in [0.29, 0.717) is 5.75 Å². The van der Waals surface area contributed by atoms with Gasteiger partial charge in [0.05, 0.1) is 28.3 Å². The van der Waals surface area contributed by atoms with Crippen LogP contribution in [-0.2, 0) is 10.0 Å². The van der Waals surface area contributed by atoms with E-state index in [1.165, 1.54) is 43.5 Å². The van der Waals surface area contributed by atoms with Gasteiger partial charge in [-0.15, -0.1) is 0 Å². The molecule has 0 aromatic heterocycles. The molecule has 1 amide bonds. The number of benzene rings is 3. The molecule has 0 bridgehead atoms. The Bertz CT molecular complexity index is 1050. The molecule has 0 aliphatic carbocycles. The molecule has 0 saturated carbocycles. The lowest BCUT2D eigenvalue weighted by molar-refractivity contribution is 0.101. The van der Waals surface area contributed by atoms with Gasteiger partial charge in [-0.1, -0.05) is 41.9 Å². The second-order valence-corrected chi connectivity index (χ2v) is 7.76. The number of anilines is 1. The van der Waals surface area contributed by atoms with Crippen molar-refractivity contribution >= 4 is 33.2 Å². The van der Waals surface area contributed by atoms with Gasteiger partial charge in [0, 0.05) is 0 Å². The van der Waals surface area contributed by atoms with Crippen LogP contribution in [0.4, 0.5) is 5.69 Å². The summed E-state index contributed by atoms with van der Waals surface area (Å²) >= 11 is 6.13. The van der Waals surface area contributed by atoms with Crippen molar-refractivity contribution in [2.45, 2.75) is 4.90 Å². The van der Waals surface area contributed by atoms with E-state index in [9.17, 15) is 13.2 Å². The minimum Gasteiger partial charge on any atom is -0.497 e. The highest BCUT2D eigenvalue weighted by Crippen LogP contribution is 2.29. The average molecular weight is 402 g/mol. The normalized spacial score (nSPS) is 11.0. The summed E-state index contributed by atoms with van der Waals surface area (Å²) in [7, 11) is -2.65. The zero-order valence-corrected chi connectivity index (χ0v) is 15.9. The second kappa shape index (κ2) is 7.82. The molecule has 0 spiro atoms. The molecule has 0 radical (unpaired) electrons. The van der Waals surface area contributed by atoms with E-state index < -0.39 is 15.9 Å². The number of hydrogen-bond acceptors (Lipinski definition) is 4. The van der Waals surface area contributed by atoms with Gasteiger partial charge in [-0.25, -0.2) is 8.42 Å². The molecule has 138 valence electrons. The molecule has 0 unspecified atom stereocenters. The van der Waals surface area contributed by atoms with Gasteiger partial charge in [0.25, 0.3) is 15.9 Å². The Morgan fingerprint density at radius 1 is 0.889 bits per heavy atom. The van der Waals surface area contributed by atoms with Crippen LogP contribution in [0.15, 0.2) is 83.8 Å². The second-order valence-electron chi connectivity index (χ2n) is 5.57. The summed E-state index contributed by atoms with van der Waals surface area (Å²) in [4.78, 5) is 13.2. The van der Waals surface area contributed by atoms with Crippen LogP contribution in [0.3, 0.4) is 0 Å². The summed E-state index contributed by atoms with van der Waals surface area (Å²) in [6.45, 7) is 0. The highest BCUT2D eigenvalue weighted by atomic mass is 35.5. The van der Waals surface area contributed by atoms with Crippen LogP contribution in [0.2, 0.25) is 5.02 Å². The van der Waals surface area contributed by atoms with E-state index in [-0.39, 0.29) is 21.2 Å². The summed E-state index contributed by atoms with van der Waals surface area (Å²) in [5, 5.41) is 0.171. The van der Waals surface area contributed by atoms with Crippen molar-refractivity contribution in [3.05, 3.63) is 89.4 Å². The van der Waals surface area contributed by atoms with Crippen LogP contribution in [-0.4, -0.2) is 21.4 Å². The summed E-state index contributed by atoms with van der Waals surface area (Å²) in [5.74, 6) is -0.198. The Kier molecular flexibility index (Phi) is 5.48. The summed E-state index contributed by atoms with van der Waals surface area (Å²) in [5.41, 5.74) is 0.277. The van der Waals surface area contributed by atoms with Crippen molar-refractivity contribution in [2.24, 2.45) is 0 Å². The molecule has 0 fully saturated rings. The van der Waals surface area contributed by atoms with Crippen LogP contribution < -0.4 is 9.04 Å². The number of ether oxygens (including phenoxy) is 1. The minimum atomic E-state index is -4.15. The predicted octanol–water partition coefficient (Wildman–Crippen LogP) is 4.38. The molecule has 0 N–H and O–H groups in total. The van der Waals surface area contributed by atoms with Crippen molar-refractivity contribution in [3.63, 3.8) is 0 Å². The van der Waals surface area contributed by atoms with Gasteiger partial charge in [-0.3, -0.25) is 4.79 Å². The third kappa shape index (κ3) is 3.82. The lowest BCUT2D eigenvalue weighted by atomic mass is 10.2. The van der Waals surface area contributed by atoms with Crippen molar-refractivity contribution in [1.82, 2.24) is 0 Å². The lowest BCUT2D eigenvalue weighted by Gasteiger charge is -2.23. The molecule has 0 atom stereocenters. The van der Waals surface area contributed by atoms with E-state index in [1.54, 1.807) is 42.5 Å². The van der Waals surface area contributed by atoms with Gasteiger partial charge in [-0.05, 0) is 48.5 Å². The molecule has 0 heterocycles. The number of carbonyl (C=O) groups is 1. The van der Waals surface area contributed by atoms with Crippen molar-refractivity contribution < 1.29 is 17.9 Å². The van der Waals surface area contributed by atoms with Crippen molar-refractivity contribution in [1.29, 1.82) is 0 Å². The number of amides is 1. The number of hydrogen-bond donors (Lipinski definition) is 0. The van der Waals surface area contributed by atoms with Gasteiger partial charge in [0.15, 0.2) is 0 Å². The summed E-state index contributed by atoms with van der Waals surface area (Å²) < 4.78 is 32.4. The van der Waals surface area contributed by atoms with Crippen LogP contribution in [0, 0.1) is 0 Å². The van der Waals surface area contributed by atoms with Crippen molar-refractivity contribution in [3.8, 4) is 5.75 Å². The van der Waals surface area contributed by atoms with Crippen LogP contribution in [0.5, 0.6) is 5.75 Å². The van der Waals surface area contributed by atoms with Crippen LogP contribution in [0.1, 0.15) is 10.4 Å². The Morgan fingerprint density at radius 2 is 1.48 bits per heavy atom. The number of carbonyl (C=O) groups excluding carboxylic acids is 1. The third-order valence-electron chi connectivity index (χ3n) is 3.88. The van der Waals surface area contributed by atoms with Crippen LogP contribution in [0.25, 0.3) is 0 Å². The largest absolute Gasteiger partial charge is 0.497 e. The van der Waals surface area contributed by atoms with E-state index >= 15 is 0 Å². The molecule has 3 rings (SSSR count). The first-order valence-corrected chi connectivity index (χ1v) is 9.80. The molecule has 3 aromatic carbocycles. The van der Waals surface area contributed by atoms with E-state index in [4.69, 9.17) is 16.3 Å². The molecular formula is C20H16ClNO4S. The molecule has 0 saturated heterocycles. The monoisotopic (exact) mass is 401 g/mol. The van der Waals surface area contributed by atoms with Crippen molar-refractivity contribution in [2.75, 3.05) is 11.4 Å². The first-order valence-electron chi connectivity index (χ1n) is 7.98. The van der Waals surface area contributed by atoms with Crippen LogP contribution >= 0.6 is 11.6 Å². The van der Waals surface area contributed by atoms with E-state index in [1.807, 2.05) is 0 Å². The van der Waals surface area contributed by atoms with Gasteiger partial charge in [-0.2, -0.15) is 4.31 Å². The molecule has 3 aromatic rings. The van der Waals surface area contributed by atoms with Gasteiger partial charge < -0.3 is 4.74 Å². The summed E-state index contributed by atoms with van der Waals surface area (Å²) in [6, 6.07) is 20.3. The predicted molar refractivity (Wildman–Crippen MR) is 105 cm³/mol. The maximum absolute atomic E-state index is 13.2. The topological polar surface area (TPSA) is 63.7 Å². The Morgan fingerprint density at radius 3 is 2.07 bits per heavy atom. The van der Waals surface area contributed by atoms with Gasteiger partial charge in [0.2, 0.25) is 0 Å². The summed E-state index contributed by atoms with van der Waals surface area (Å²) in [6.07, 6.45) is 0. The fraction of sp³-hybridized carbons (Fsp3) is 0.0500. The first-order chi connectivity index (χ1) is 12.9. The number of methoxy groups -OCH3 is 1. The maximum Gasteiger partial charge on any atom is 0.273 e. The molecule has 7 heteroatoms. The standard InChI is InChI=1S/C20H16ClNO4S/c1-26-16-13-11-15(12-14-16)22(20(23)18-9-5-6-10-19(18)21)27(24,25)17-7-3-2-4-8-17/h2-14H,1H3. The number of nitrogens with zero attached hydrogens (tertiary/aromatic N) is 1. The quantitative estimate of drug-likeness (QED) is 0.636. The number of rotatable bonds is 5. The highest BCUT2D eigenvalue weighted by Gasteiger charge is 2.32. The third-order valence-corrected chi connectivity index (χ3v) is 5.93. The molecule has 0 aliphatic rings. The van der Waals surface area contributed by atoms with Gasteiger partial charge in [0.1, 0.15) is 5.75 Å². The minimum absolute atomic E-state index is 0.00113. The number of halogens is 1. The first kappa shape index (κ1) is 18.9. The zero-order valence-electron chi connectivity index (χ0n) is 14.4. The molecule has 5 nitrogen and oxygen atoms in total. The fourth-order valence-corrected chi connectivity index (χ4v) is 4.17. The highest BCUT2D eigenvalue weighted by molar-refractivity contribution is 7.93. The molecular weight excluding hydrogens is 386 g/mol. The molecule has 27 heavy (non-hydrogen) atoms. The Balaban J connectivity index is 2.17. The van der Waals surface area contributed by atoms with E-state index in [0.717, 1.165) is 4.31 Å². The molecule has 0 aliphatic heterocycles. The SMILES string of the molecule is COc1ccc(N(C(=O)c2ccccc2Cl)S(=O)(=O)c2ccccc2)cc1. The fourth-order valence-electron chi connectivity index (χ4n) is 2.52. The number of sulfonamides is 1. The van der Waals surface area contributed by atoms with Gasteiger partial charge >= 0.3 is 0 Å². The lowest BCUT2D eigenvalue weighted by Crippen LogP contribution is -2.37. The Hall–Kier alpha value is -2.83. The zero-order chi connectivity index (χ0) is 19.4. The maximum atomic E-state index is 13.2. The van der Waals surface area contributed by atoms with E-state index in [2.05, 4.69) is 0 Å². The Labute approximate surface area is 162 Å².